The number of anilines is 1. The molecule has 3 rings (SSSR count). The van der Waals surface area contributed by atoms with Crippen LogP contribution in [0.15, 0.2) is 53.6 Å². The topological polar surface area (TPSA) is 127 Å². The quantitative estimate of drug-likeness (QED) is 0.277. The number of hydrogen-bond donors (Lipinski definition) is 3. The van der Waals surface area contributed by atoms with Gasteiger partial charge < -0.3 is 24.8 Å². The summed E-state index contributed by atoms with van der Waals surface area (Å²) in [6, 6.07) is 13.6. The molecule has 0 bridgehead atoms. The largest absolute Gasteiger partial charge is 0.492 e. The van der Waals surface area contributed by atoms with Crippen molar-refractivity contribution in [1.29, 1.82) is 0 Å². The molecule has 1 atom stereocenters. The van der Waals surface area contributed by atoms with Gasteiger partial charge in [0.2, 0.25) is 0 Å². The van der Waals surface area contributed by atoms with Crippen LogP contribution in [0.1, 0.15) is 25.3 Å². The van der Waals surface area contributed by atoms with Gasteiger partial charge in [-0.05, 0) is 61.7 Å². The first-order chi connectivity index (χ1) is 16.5. The molecule has 1 fully saturated rings. The van der Waals surface area contributed by atoms with Crippen LogP contribution in [0, 0.1) is 0 Å². The van der Waals surface area contributed by atoms with Crippen LogP contribution in [0.25, 0.3) is 0 Å². The van der Waals surface area contributed by atoms with Crippen LogP contribution in [0.2, 0.25) is 0 Å². The number of nitrogens with one attached hydrogen (secondary N) is 3. The zero-order chi connectivity index (χ0) is 24.2. The van der Waals surface area contributed by atoms with Crippen LogP contribution in [0.5, 0.6) is 11.5 Å². The van der Waals surface area contributed by atoms with Crippen molar-refractivity contribution in [2.45, 2.75) is 25.9 Å². The summed E-state index contributed by atoms with van der Waals surface area (Å²) in [5.74, 6) is -1.02. The number of hydrazone groups is 1. The third-order valence-electron chi connectivity index (χ3n) is 4.82. The Kier molecular flexibility index (Phi) is 9.41. The summed E-state index contributed by atoms with van der Waals surface area (Å²) < 4.78 is 16.3. The molecule has 1 saturated heterocycles. The molecule has 0 spiro atoms. The van der Waals surface area contributed by atoms with Gasteiger partial charge >= 0.3 is 11.8 Å². The summed E-state index contributed by atoms with van der Waals surface area (Å²) in [4.78, 5) is 36.0. The van der Waals surface area contributed by atoms with Crippen molar-refractivity contribution in [3.8, 4) is 11.5 Å². The minimum absolute atomic E-state index is 0.0833. The maximum atomic E-state index is 12.1. The van der Waals surface area contributed by atoms with Crippen LogP contribution in [0.4, 0.5) is 5.69 Å². The van der Waals surface area contributed by atoms with Gasteiger partial charge in [0.15, 0.2) is 6.61 Å². The van der Waals surface area contributed by atoms with E-state index in [1.165, 1.54) is 6.21 Å². The fourth-order valence-electron chi connectivity index (χ4n) is 3.13. The molecule has 0 aromatic heterocycles. The lowest BCUT2D eigenvalue weighted by atomic mass is 10.2. The first-order valence-electron chi connectivity index (χ1n) is 11.0. The van der Waals surface area contributed by atoms with E-state index in [1.54, 1.807) is 48.5 Å². The Morgan fingerprint density at radius 3 is 2.62 bits per heavy atom. The average Bonchev–Trinajstić information content (AvgIpc) is 3.37. The Morgan fingerprint density at radius 2 is 1.88 bits per heavy atom. The fourth-order valence-corrected chi connectivity index (χ4v) is 3.13. The van der Waals surface area contributed by atoms with Crippen LogP contribution >= 0.6 is 0 Å². The average molecular weight is 469 g/mol. The Balaban J connectivity index is 1.40. The highest BCUT2D eigenvalue weighted by Gasteiger charge is 2.16. The van der Waals surface area contributed by atoms with Gasteiger partial charge in [-0.3, -0.25) is 14.4 Å². The van der Waals surface area contributed by atoms with E-state index in [9.17, 15) is 14.4 Å². The van der Waals surface area contributed by atoms with Gasteiger partial charge in [0.05, 0.1) is 24.6 Å². The molecule has 1 aliphatic heterocycles. The Morgan fingerprint density at radius 1 is 1.09 bits per heavy atom. The van der Waals surface area contributed by atoms with E-state index in [0.717, 1.165) is 19.4 Å². The highest BCUT2D eigenvalue weighted by molar-refractivity contribution is 6.39. The zero-order valence-corrected chi connectivity index (χ0v) is 18.9. The predicted molar refractivity (Wildman–Crippen MR) is 126 cm³/mol. The molecule has 1 aliphatic rings. The lowest BCUT2D eigenvalue weighted by Crippen LogP contribution is -2.35. The monoisotopic (exact) mass is 468 g/mol. The first kappa shape index (κ1) is 24.7. The molecule has 0 aliphatic carbocycles. The normalized spacial score (nSPS) is 15.0. The summed E-state index contributed by atoms with van der Waals surface area (Å²) in [5.41, 5.74) is 3.24. The van der Waals surface area contributed by atoms with E-state index >= 15 is 0 Å². The highest BCUT2D eigenvalue weighted by atomic mass is 16.5. The molecule has 3 amide bonds. The molecule has 2 aromatic carbocycles. The maximum absolute atomic E-state index is 12.1. The van der Waals surface area contributed by atoms with Crippen molar-refractivity contribution in [1.82, 2.24) is 10.7 Å². The third kappa shape index (κ3) is 7.89. The van der Waals surface area contributed by atoms with E-state index in [0.29, 0.717) is 35.9 Å². The van der Waals surface area contributed by atoms with Crippen LogP contribution in [-0.2, 0) is 19.1 Å². The molecule has 3 N–H and O–H groups in total. The van der Waals surface area contributed by atoms with E-state index in [-0.39, 0.29) is 18.6 Å². The maximum Gasteiger partial charge on any atom is 0.329 e. The predicted octanol–water partition coefficient (Wildman–Crippen LogP) is 1.85. The van der Waals surface area contributed by atoms with Gasteiger partial charge in [-0.15, -0.1) is 0 Å². The standard InChI is InChI=1S/C24H28N4O6/c1-2-32-21-8-4-3-7-20(21)27-23(30)24(31)28-26-14-17-9-11-18(12-10-17)34-16-22(29)25-15-19-6-5-13-33-19/h3-4,7-12,14,19H,2,5-6,13,15-16H2,1H3,(H,25,29)(H,27,30)(H,28,31)/b26-14-/t19-/m1/s1. The number of carbonyl (C=O) groups is 3. The third-order valence-corrected chi connectivity index (χ3v) is 4.82. The van der Waals surface area contributed by atoms with Crippen molar-refractivity contribution < 1.29 is 28.6 Å². The van der Waals surface area contributed by atoms with E-state index in [4.69, 9.17) is 14.2 Å². The van der Waals surface area contributed by atoms with Crippen molar-refractivity contribution in [2.24, 2.45) is 5.10 Å². The van der Waals surface area contributed by atoms with Crippen molar-refractivity contribution in [3.05, 3.63) is 54.1 Å². The second-order valence-electron chi connectivity index (χ2n) is 7.38. The number of rotatable bonds is 10. The SMILES string of the molecule is CCOc1ccccc1NC(=O)C(=O)N/N=C\c1ccc(OCC(=O)NC[C@H]2CCCO2)cc1. The summed E-state index contributed by atoms with van der Waals surface area (Å²) in [6.07, 6.45) is 3.45. The smallest absolute Gasteiger partial charge is 0.329 e. The molecule has 10 heteroatoms. The van der Waals surface area contributed by atoms with Crippen LogP contribution in [0.3, 0.4) is 0 Å². The number of carbonyl (C=O) groups excluding carboxylic acids is 3. The molecular formula is C24H28N4O6. The number of hydrogen-bond acceptors (Lipinski definition) is 7. The minimum Gasteiger partial charge on any atom is -0.492 e. The van der Waals surface area contributed by atoms with Crippen LogP contribution < -0.4 is 25.5 Å². The number of para-hydroxylation sites is 2. The Labute approximate surface area is 197 Å². The summed E-state index contributed by atoms with van der Waals surface area (Å²) in [5, 5.41) is 9.08. The molecule has 2 aromatic rings. The van der Waals surface area contributed by atoms with Gasteiger partial charge in [0.1, 0.15) is 11.5 Å². The lowest BCUT2D eigenvalue weighted by Gasteiger charge is -2.11. The first-order valence-corrected chi connectivity index (χ1v) is 11.0. The minimum atomic E-state index is -0.920. The Bertz CT molecular complexity index is 1000. The van der Waals surface area contributed by atoms with Gasteiger partial charge in [0, 0.05) is 13.2 Å². The van der Waals surface area contributed by atoms with Gasteiger partial charge in [-0.1, -0.05) is 12.1 Å². The number of ether oxygens (including phenoxy) is 3. The summed E-state index contributed by atoms with van der Waals surface area (Å²) in [6.45, 7) is 3.38. The molecular weight excluding hydrogens is 440 g/mol. The summed E-state index contributed by atoms with van der Waals surface area (Å²) in [7, 11) is 0. The number of nitrogens with zero attached hydrogens (tertiary/aromatic N) is 1. The van der Waals surface area contributed by atoms with Gasteiger partial charge in [-0.2, -0.15) is 5.10 Å². The van der Waals surface area contributed by atoms with E-state index in [2.05, 4.69) is 21.2 Å². The molecule has 10 nitrogen and oxygen atoms in total. The summed E-state index contributed by atoms with van der Waals surface area (Å²) >= 11 is 0. The Hall–Kier alpha value is -3.92. The highest BCUT2D eigenvalue weighted by Crippen LogP contribution is 2.23. The van der Waals surface area contributed by atoms with E-state index < -0.39 is 11.8 Å². The van der Waals surface area contributed by atoms with Crippen LogP contribution in [-0.4, -0.2) is 56.4 Å². The molecule has 0 radical (unpaired) electrons. The van der Waals surface area contributed by atoms with Crippen molar-refractivity contribution in [2.75, 3.05) is 31.7 Å². The molecule has 180 valence electrons. The molecule has 0 saturated carbocycles. The molecule has 34 heavy (non-hydrogen) atoms. The van der Waals surface area contributed by atoms with Crippen molar-refractivity contribution in [3.63, 3.8) is 0 Å². The lowest BCUT2D eigenvalue weighted by molar-refractivity contribution is -0.136. The number of amides is 3. The van der Waals surface area contributed by atoms with E-state index in [1.807, 2.05) is 6.92 Å². The molecule has 0 unspecified atom stereocenters. The fraction of sp³-hybridized carbons (Fsp3) is 0.333. The second-order valence-corrected chi connectivity index (χ2v) is 7.38. The zero-order valence-electron chi connectivity index (χ0n) is 18.9. The van der Waals surface area contributed by atoms with Crippen molar-refractivity contribution >= 4 is 29.6 Å². The molecule has 1 heterocycles. The number of benzene rings is 2. The van der Waals surface area contributed by atoms with Gasteiger partial charge in [0.25, 0.3) is 5.91 Å². The second kappa shape index (κ2) is 12.9. The van der Waals surface area contributed by atoms with Gasteiger partial charge in [-0.25, -0.2) is 5.43 Å².